The van der Waals surface area contributed by atoms with Crippen molar-refractivity contribution in [1.82, 2.24) is 9.97 Å². The Labute approximate surface area is 122 Å². The number of hydrogen-bond acceptors (Lipinski definition) is 5. The molecule has 1 heterocycles. The second-order valence-electron chi connectivity index (χ2n) is 3.74. The van der Waals surface area contributed by atoms with Crippen LogP contribution in [-0.2, 0) is 0 Å². The van der Waals surface area contributed by atoms with Gasteiger partial charge in [0.05, 0.1) is 26.1 Å². The lowest BCUT2D eigenvalue weighted by Crippen LogP contribution is -2.20. The highest BCUT2D eigenvalue weighted by molar-refractivity contribution is 7.80. The Morgan fingerprint density at radius 3 is 2.65 bits per heavy atom. The fourth-order valence-corrected chi connectivity index (χ4v) is 1.75. The molecular weight excluding hydrogens is 276 g/mol. The van der Waals surface area contributed by atoms with Gasteiger partial charge in [-0.15, -0.1) is 0 Å². The number of rotatable bonds is 4. The Kier molecular flexibility index (Phi) is 4.67. The maximum absolute atomic E-state index is 5.28. The van der Waals surface area contributed by atoms with Gasteiger partial charge in [0.1, 0.15) is 11.5 Å². The van der Waals surface area contributed by atoms with Crippen molar-refractivity contribution in [1.29, 1.82) is 0 Å². The van der Waals surface area contributed by atoms with Crippen molar-refractivity contribution in [3.63, 3.8) is 0 Å². The molecule has 2 rings (SSSR count). The summed E-state index contributed by atoms with van der Waals surface area (Å²) in [4.78, 5) is 8.03. The average Bonchev–Trinajstić information content (AvgIpc) is 2.48. The fourth-order valence-electron chi connectivity index (χ4n) is 1.54. The molecule has 0 unspecified atom stereocenters. The summed E-state index contributed by atoms with van der Waals surface area (Å²) in [5.41, 5.74) is 0.731. The molecule has 0 atom stereocenters. The van der Waals surface area contributed by atoms with E-state index in [2.05, 4.69) is 20.6 Å². The van der Waals surface area contributed by atoms with Crippen molar-refractivity contribution < 1.29 is 9.47 Å². The number of nitrogens with zero attached hydrogens (tertiary/aromatic N) is 2. The van der Waals surface area contributed by atoms with Gasteiger partial charge in [-0.3, -0.25) is 4.98 Å². The molecule has 7 heteroatoms. The third-order valence-electron chi connectivity index (χ3n) is 2.46. The molecule has 0 aliphatic heterocycles. The van der Waals surface area contributed by atoms with Crippen LogP contribution in [0.4, 0.5) is 11.5 Å². The zero-order valence-electron chi connectivity index (χ0n) is 11.1. The van der Waals surface area contributed by atoms with Gasteiger partial charge in [0.2, 0.25) is 0 Å². The summed E-state index contributed by atoms with van der Waals surface area (Å²) >= 11 is 5.21. The van der Waals surface area contributed by atoms with Crippen LogP contribution < -0.4 is 20.1 Å². The minimum atomic E-state index is 0.397. The summed E-state index contributed by atoms with van der Waals surface area (Å²) in [7, 11) is 3.18. The highest BCUT2D eigenvalue weighted by atomic mass is 32.1. The van der Waals surface area contributed by atoms with Crippen LogP contribution in [0.15, 0.2) is 36.8 Å². The molecule has 6 nitrogen and oxygen atoms in total. The topological polar surface area (TPSA) is 68.3 Å². The van der Waals surface area contributed by atoms with Gasteiger partial charge in [-0.05, 0) is 24.4 Å². The Balaban J connectivity index is 2.07. The molecule has 0 bridgehead atoms. The maximum Gasteiger partial charge on any atom is 0.176 e. The van der Waals surface area contributed by atoms with Crippen molar-refractivity contribution in [2.24, 2.45) is 0 Å². The summed E-state index contributed by atoms with van der Waals surface area (Å²) in [6.07, 6.45) is 4.76. The van der Waals surface area contributed by atoms with Gasteiger partial charge in [-0.1, -0.05) is 0 Å². The van der Waals surface area contributed by atoms with Gasteiger partial charge in [0.15, 0.2) is 10.9 Å². The zero-order valence-corrected chi connectivity index (χ0v) is 11.9. The molecule has 20 heavy (non-hydrogen) atoms. The van der Waals surface area contributed by atoms with Crippen LogP contribution in [0.5, 0.6) is 11.5 Å². The molecule has 1 aromatic heterocycles. The number of hydrogen-bond donors (Lipinski definition) is 2. The van der Waals surface area contributed by atoms with Crippen LogP contribution in [0.25, 0.3) is 0 Å². The van der Waals surface area contributed by atoms with E-state index < -0.39 is 0 Å². The van der Waals surface area contributed by atoms with Gasteiger partial charge in [-0.2, -0.15) is 0 Å². The van der Waals surface area contributed by atoms with Crippen molar-refractivity contribution in [3.8, 4) is 11.5 Å². The Bertz CT molecular complexity index is 592. The van der Waals surface area contributed by atoms with E-state index in [1.807, 2.05) is 12.1 Å². The van der Waals surface area contributed by atoms with Crippen LogP contribution in [0.2, 0.25) is 0 Å². The monoisotopic (exact) mass is 290 g/mol. The average molecular weight is 290 g/mol. The van der Waals surface area contributed by atoms with E-state index in [9.17, 15) is 0 Å². The van der Waals surface area contributed by atoms with Gasteiger partial charge < -0.3 is 20.1 Å². The number of methoxy groups -OCH3 is 2. The van der Waals surface area contributed by atoms with Gasteiger partial charge in [0.25, 0.3) is 0 Å². The summed E-state index contributed by atoms with van der Waals surface area (Å²) < 4.78 is 10.4. The molecule has 0 aliphatic carbocycles. The van der Waals surface area contributed by atoms with E-state index in [0.717, 1.165) is 5.69 Å². The fraction of sp³-hybridized carbons (Fsp3) is 0.154. The molecule has 2 N–H and O–H groups in total. The van der Waals surface area contributed by atoms with Crippen molar-refractivity contribution in [2.75, 3.05) is 24.9 Å². The first-order valence-corrected chi connectivity index (χ1v) is 6.20. The smallest absolute Gasteiger partial charge is 0.176 e. The second-order valence-corrected chi connectivity index (χ2v) is 4.14. The molecule has 2 aromatic rings. The van der Waals surface area contributed by atoms with Crippen LogP contribution >= 0.6 is 12.2 Å². The van der Waals surface area contributed by atoms with Crippen LogP contribution in [0.3, 0.4) is 0 Å². The number of ether oxygens (including phenoxy) is 2. The number of nitrogens with one attached hydrogen (secondary N) is 2. The van der Waals surface area contributed by atoms with Gasteiger partial charge >= 0.3 is 0 Å². The summed E-state index contributed by atoms with van der Waals surface area (Å²) in [5, 5.41) is 6.36. The Morgan fingerprint density at radius 1 is 1.15 bits per heavy atom. The molecule has 0 radical (unpaired) electrons. The SMILES string of the molecule is COc1ccc(NC(=S)Nc2cnccn2)c(OC)c1. The lowest BCUT2D eigenvalue weighted by atomic mass is 10.2. The largest absolute Gasteiger partial charge is 0.497 e. The van der Waals surface area contributed by atoms with E-state index in [1.165, 1.54) is 0 Å². The van der Waals surface area contributed by atoms with Crippen molar-refractivity contribution >= 4 is 28.8 Å². The lowest BCUT2D eigenvalue weighted by Gasteiger charge is -2.13. The van der Waals surface area contributed by atoms with Crippen LogP contribution in [0.1, 0.15) is 0 Å². The third kappa shape index (κ3) is 3.55. The second kappa shape index (κ2) is 6.67. The van der Waals surface area contributed by atoms with E-state index in [1.54, 1.807) is 38.9 Å². The van der Waals surface area contributed by atoms with E-state index >= 15 is 0 Å². The van der Waals surface area contributed by atoms with Crippen molar-refractivity contribution in [3.05, 3.63) is 36.8 Å². The Hall–Kier alpha value is -2.41. The van der Waals surface area contributed by atoms with E-state index in [0.29, 0.717) is 22.4 Å². The number of aromatic nitrogens is 2. The molecule has 0 spiro atoms. The quantitative estimate of drug-likeness (QED) is 0.837. The molecule has 0 fully saturated rings. The molecule has 104 valence electrons. The van der Waals surface area contributed by atoms with Gasteiger partial charge in [-0.25, -0.2) is 4.98 Å². The first kappa shape index (κ1) is 14.0. The molecule has 1 aromatic carbocycles. The minimum Gasteiger partial charge on any atom is -0.497 e. The predicted octanol–water partition coefficient (Wildman–Crippen LogP) is 2.30. The zero-order chi connectivity index (χ0) is 14.4. The standard InChI is InChI=1S/C13H14N4O2S/c1-18-9-3-4-10(11(7-9)19-2)16-13(20)17-12-8-14-5-6-15-12/h3-8H,1-2H3,(H2,15,16,17,20). The van der Waals surface area contributed by atoms with E-state index in [-0.39, 0.29) is 0 Å². The maximum atomic E-state index is 5.28. The van der Waals surface area contributed by atoms with Crippen LogP contribution in [0, 0.1) is 0 Å². The Morgan fingerprint density at radius 2 is 2.00 bits per heavy atom. The van der Waals surface area contributed by atoms with E-state index in [4.69, 9.17) is 21.7 Å². The summed E-state index contributed by atoms with van der Waals surface area (Å²) in [5.74, 6) is 1.91. The third-order valence-corrected chi connectivity index (χ3v) is 2.67. The highest BCUT2D eigenvalue weighted by Gasteiger charge is 2.07. The number of thiocarbonyl (C=S) groups is 1. The number of benzene rings is 1. The normalized spacial score (nSPS) is 9.70. The lowest BCUT2D eigenvalue weighted by molar-refractivity contribution is 0.395. The van der Waals surface area contributed by atoms with Gasteiger partial charge in [0, 0.05) is 18.5 Å². The molecule has 0 amide bonds. The molecule has 0 saturated carbocycles. The first-order valence-electron chi connectivity index (χ1n) is 5.79. The molecule has 0 saturated heterocycles. The van der Waals surface area contributed by atoms with Crippen molar-refractivity contribution in [2.45, 2.75) is 0 Å². The highest BCUT2D eigenvalue weighted by Crippen LogP contribution is 2.29. The summed E-state index contributed by atoms with van der Waals surface area (Å²) in [6, 6.07) is 5.41. The molecule has 0 aliphatic rings. The molecular formula is C13H14N4O2S. The predicted molar refractivity (Wildman–Crippen MR) is 81.4 cm³/mol. The first-order chi connectivity index (χ1) is 9.72. The number of anilines is 2. The minimum absolute atomic E-state index is 0.397. The van der Waals surface area contributed by atoms with Crippen LogP contribution in [-0.4, -0.2) is 29.3 Å². The summed E-state index contributed by atoms with van der Waals surface area (Å²) in [6.45, 7) is 0.